The second-order valence-electron chi connectivity index (χ2n) is 8.50. The highest BCUT2D eigenvalue weighted by atomic mass is 35.5. The maximum absolute atomic E-state index is 13.2. The first-order chi connectivity index (χ1) is 16.6. The zero-order valence-electron chi connectivity index (χ0n) is 18.1. The molecule has 34 heavy (non-hydrogen) atoms. The van der Waals surface area contributed by atoms with Crippen LogP contribution in [0.1, 0.15) is 18.4 Å². The molecule has 6 rings (SSSR count). The first kappa shape index (κ1) is 21.4. The van der Waals surface area contributed by atoms with Crippen LogP contribution >= 0.6 is 11.6 Å². The molecule has 5 nitrogen and oxygen atoms in total. The maximum Gasteiger partial charge on any atom is 0.191 e. The van der Waals surface area contributed by atoms with Crippen LogP contribution in [-0.4, -0.2) is 24.8 Å². The zero-order valence-corrected chi connectivity index (χ0v) is 19.7. The van der Waals surface area contributed by atoms with Gasteiger partial charge in [-0.25, -0.2) is 4.98 Å². The van der Waals surface area contributed by atoms with Gasteiger partial charge in [-0.2, -0.15) is 0 Å². The summed E-state index contributed by atoms with van der Waals surface area (Å²) in [6.45, 7) is 0. The molecule has 1 atom stereocenters. The highest BCUT2D eigenvalue weighted by molar-refractivity contribution is 7.91. The molecule has 0 spiro atoms. The topological polar surface area (TPSA) is 81.7 Å². The van der Waals surface area contributed by atoms with Crippen molar-refractivity contribution in [2.45, 2.75) is 23.8 Å². The molecule has 1 unspecified atom stereocenters. The number of rotatable bonds is 5. The van der Waals surface area contributed by atoms with E-state index in [1.165, 1.54) is 6.07 Å². The van der Waals surface area contributed by atoms with Gasteiger partial charge in [0.2, 0.25) is 0 Å². The van der Waals surface area contributed by atoms with Crippen molar-refractivity contribution in [3.05, 3.63) is 93.9 Å². The van der Waals surface area contributed by atoms with E-state index in [9.17, 15) is 9.35 Å². The lowest BCUT2D eigenvalue weighted by Gasteiger charge is -2.19. The van der Waals surface area contributed by atoms with Crippen molar-refractivity contribution in [1.29, 1.82) is 0 Å². The number of H-pyrrole nitrogens is 1. The number of aromatic nitrogens is 3. The summed E-state index contributed by atoms with van der Waals surface area (Å²) in [5.41, 5.74) is 5.05. The summed E-state index contributed by atoms with van der Waals surface area (Å²) in [5, 5.41) is 2.07. The molecule has 3 heterocycles. The molecule has 0 aliphatic heterocycles. The maximum atomic E-state index is 13.2. The van der Waals surface area contributed by atoms with Crippen LogP contribution in [0.3, 0.4) is 0 Å². The van der Waals surface area contributed by atoms with Crippen LogP contribution in [0.4, 0.5) is 0 Å². The third kappa shape index (κ3) is 3.78. The van der Waals surface area contributed by atoms with Crippen LogP contribution < -0.4 is 5.43 Å². The van der Waals surface area contributed by atoms with Gasteiger partial charge in [0.25, 0.3) is 0 Å². The van der Waals surface area contributed by atoms with E-state index < -0.39 is 11.2 Å². The number of benzene rings is 2. The zero-order chi connectivity index (χ0) is 23.2. The van der Waals surface area contributed by atoms with E-state index in [2.05, 4.69) is 9.97 Å². The summed E-state index contributed by atoms with van der Waals surface area (Å²) < 4.78 is 13.2. The van der Waals surface area contributed by atoms with Crippen LogP contribution in [0.2, 0.25) is 5.02 Å². The van der Waals surface area contributed by atoms with Gasteiger partial charge in [-0.15, -0.1) is 0 Å². The molecule has 168 valence electrons. The standard InChI is InChI=1S/C27H20ClN3O2S/c28-21-14-18(13-17-7-4-11-29-25(17)21)23-20(15-34(33)19-8-9-19)24-22(32)10-12-30-27(24)31-26(23)16-5-2-1-3-6-16/h1-7,10-14,19H,8-9,15H2,(H,30,31,32). The fourth-order valence-corrected chi connectivity index (χ4v) is 6.17. The molecule has 0 amide bonds. The van der Waals surface area contributed by atoms with Crippen molar-refractivity contribution < 1.29 is 4.55 Å². The Labute approximate surface area is 204 Å². The molecule has 2 aromatic carbocycles. The minimum absolute atomic E-state index is 0.140. The van der Waals surface area contributed by atoms with Gasteiger partial charge in [-0.1, -0.05) is 48.0 Å². The van der Waals surface area contributed by atoms with E-state index in [4.69, 9.17) is 16.6 Å². The molecule has 0 bridgehead atoms. The van der Waals surface area contributed by atoms with E-state index in [1.54, 1.807) is 12.4 Å². The average Bonchev–Trinajstić information content (AvgIpc) is 3.70. The van der Waals surface area contributed by atoms with Gasteiger partial charge in [-0.05, 0) is 47.8 Å². The highest BCUT2D eigenvalue weighted by Gasteiger charge is 2.36. The smallest absolute Gasteiger partial charge is 0.191 e. The first-order valence-corrected chi connectivity index (χ1v) is 12.9. The molecule has 1 saturated carbocycles. The molecule has 5 aromatic rings. The van der Waals surface area contributed by atoms with Crippen LogP contribution in [0.15, 0.2) is 77.9 Å². The van der Waals surface area contributed by atoms with E-state index in [1.807, 2.05) is 54.6 Å². The predicted octanol–water partition coefficient (Wildman–Crippen LogP) is 5.87. The van der Waals surface area contributed by atoms with Crippen molar-refractivity contribution in [3.8, 4) is 22.4 Å². The molecular formula is C27H20ClN3O2S. The van der Waals surface area contributed by atoms with Crippen molar-refractivity contribution in [3.63, 3.8) is 0 Å². The Morgan fingerprint density at radius 1 is 1.06 bits per heavy atom. The van der Waals surface area contributed by atoms with Crippen LogP contribution in [0.25, 0.3) is 44.3 Å². The Bertz CT molecular complexity index is 1600. The highest BCUT2D eigenvalue weighted by Crippen LogP contribution is 2.41. The molecule has 0 saturated heterocycles. The average molecular weight is 486 g/mol. The van der Waals surface area contributed by atoms with Gasteiger partial charge in [0.15, 0.2) is 5.43 Å². The number of hydrogen-bond acceptors (Lipinski definition) is 4. The Hall–Kier alpha value is -3.19. The Morgan fingerprint density at radius 2 is 1.88 bits per heavy atom. The molecule has 7 heteroatoms. The van der Waals surface area contributed by atoms with E-state index in [-0.39, 0.29) is 16.4 Å². The van der Waals surface area contributed by atoms with E-state index in [0.29, 0.717) is 21.6 Å². The summed E-state index contributed by atoms with van der Waals surface area (Å²) in [5.74, 6) is 0.286. The molecule has 0 radical (unpaired) electrons. The number of nitrogens with zero attached hydrogens (tertiary/aromatic N) is 2. The van der Waals surface area contributed by atoms with Crippen LogP contribution in [0.5, 0.6) is 0 Å². The van der Waals surface area contributed by atoms with Gasteiger partial charge in [0, 0.05) is 40.5 Å². The van der Waals surface area contributed by atoms with Crippen molar-refractivity contribution in [2.24, 2.45) is 0 Å². The summed E-state index contributed by atoms with van der Waals surface area (Å²) in [7, 11) is 0. The molecule has 1 aliphatic rings. The van der Waals surface area contributed by atoms with Crippen LogP contribution in [-0.2, 0) is 16.9 Å². The Balaban J connectivity index is 1.73. The summed E-state index contributed by atoms with van der Waals surface area (Å²) >= 11 is 5.58. The van der Waals surface area contributed by atoms with Gasteiger partial charge in [0.1, 0.15) is 16.6 Å². The number of nitrogens with one attached hydrogen (secondary N) is 1. The lowest BCUT2D eigenvalue weighted by atomic mass is 9.92. The third-order valence-corrected chi connectivity index (χ3v) is 8.26. The number of aromatic amines is 1. The normalized spacial score (nSPS) is 14.5. The fraction of sp³-hybridized carbons (Fsp3) is 0.148. The number of fused-ring (bicyclic) bond motifs is 2. The van der Waals surface area contributed by atoms with Crippen molar-refractivity contribution in [1.82, 2.24) is 15.0 Å². The fourth-order valence-electron chi connectivity index (χ4n) is 4.43. The number of halogens is 1. The molecule has 1 N–H and O–H groups in total. The molecule has 3 aromatic heterocycles. The Kier molecular flexibility index (Phi) is 5.37. The van der Waals surface area contributed by atoms with Crippen LogP contribution in [0, 0.1) is 0 Å². The second kappa shape index (κ2) is 8.55. The second-order valence-corrected chi connectivity index (χ2v) is 10.6. The molecule has 1 fully saturated rings. The number of hydrogen-bond donors (Lipinski definition) is 1. The van der Waals surface area contributed by atoms with E-state index >= 15 is 0 Å². The minimum atomic E-state index is -1.08. The summed E-state index contributed by atoms with van der Waals surface area (Å²) in [4.78, 5) is 25.5. The first-order valence-electron chi connectivity index (χ1n) is 11.1. The lowest BCUT2D eigenvalue weighted by Crippen LogP contribution is -2.15. The lowest BCUT2D eigenvalue weighted by molar-refractivity contribution is 0.593. The molecular weight excluding hydrogens is 466 g/mol. The quantitative estimate of drug-likeness (QED) is 0.316. The SMILES string of the molecule is O=c1cc[nH]c2nc(-c3ccccc3)c(-c3cc(Cl)c4ncccc4c3)c(C[S+]([O-])C3CC3)c12. The van der Waals surface area contributed by atoms with Crippen molar-refractivity contribution in [2.75, 3.05) is 0 Å². The van der Waals surface area contributed by atoms with Crippen molar-refractivity contribution >= 4 is 44.7 Å². The van der Waals surface area contributed by atoms with Gasteiger partial charge in [0.05, 0.1) is 21.6 Å². The summed E-state index contributed by atoms with van der Waals surface area (Å²) in [6.07, 6.45) is 5.23. The molecule has 1 aliphatic carbocycles. The number of pyridine rings is 3. The van der Waals surface area contributed by atoms with Gasteiger partial charge >= 0.3 is 0 Å². The van der Waals surface area contributed by atoms with Gasteiger partial charge < -0.3 is 9.54 Å². The predicted molar refractivity (Wildman–Crippen MR) is 138 cm³/mol. The largest absolute Gasteiger partial charge is 0.616 e. The van der Waals surface area contributed by atoms with E-state index in [0.717, 1.165) is 46.2 Å². The third-order valence-electron chi connectivity index (χ3n) is 6.18. The summed E-state index contributed by atoms with van der Waals surface area (Å²) in [6, 6.07) is 19.1. The van der Waals surface area contributed by atoms with Gasteiger partial charge in [-0.3, -0.25) is 9.78 Å². The Morgan fingerprint density at radius 3 is 2.68 bits per heavy atom. The monoisotopic (exact) mass is 485 g/mol. The minimum Gasteiger partial charge on any atom is -0.616 e.